The molecule has 0 spiro atoms. The van der Waals surface area contributed by atoms with Gasteiger partial charge in [0, 0.05) is 6.54 Å². The zero-order valence-corrected chi connectivity index (χ0v) is 19.8. The summed E-state index contributed by atoms with van der Waals surface area (Å²) in [6, 6.07) is 3.73. The van der Waals surface area contributed by atoms with Crippen molar-refractivity contribution in [2.45, 2.75) is 56.1 Å². The molecule has 1 amide bonds. The van der Waals surface area contributed by atoms with Gasteiger partial charge in [-0.15, -0.1) is 0 Å². The molecule has 4 rings (SSSR count). The number of amides is 1. The molecule has 0 saturated carbocycles. The lowest BCUT2D eigenvalue weighted by molar-refractivity contribution is 0.102. The second kappa shape index (κ2) is 8.00. The first-order valence-electron chi connectivity index (χ1n) is 10.7. The van der Waals surface area contributed by atoms with Crippen LogP contribution in [0.4, 0.5) is 14.6 Å². The maximum Gasteiger partial charge on any atom is 0.275 e. The van der Waals surface area contributed by atoms with E-state index in [0.717, 1.165) is 12.6 Å². The Bertz CT molecular complexity index is 1160. The van der Waals surface area contributed by atoms with Gasteiger partial charge in [0.15, 0.2) is 0 Å². The molecule has 2 aliphatic heterocycles. The molecule has 4 heterocycles. The summed E-state index contributed by atoms with van der Waals surface area (Å²) in [7, 11) is -2.52. The minimum atomic E-state index is -2.52. The summed E-state index contributed by atoms with van der Waals surface area (Å²) in [4.78, 5) is 25.6. The van der Waals surface area contributed by atoms with Gasteiger partial charge in [-0.05, 0) is 64.3 Å². The average Bonchev–Trinajstić information content (AvgIpc) is 2.74. The van der Waals surface area contributed by atoms with Crippen LogP contribution in [-0.4, -0.2) is 42.8 Å². The Morgan fingerprint density at radius 2 is 2.06 bits per heavy atom. The highest BCUT2D eigenvalue weighted by molar-refractivity contribution is 8.29. The summed E-state index contributed by atoms with van der Waals surface area (Å²) in [5.41, 5.74) is 5.44. The molecule has 11 heteroatoms. The fourth-order valence-corrected chi connectivity index (χ4v) is 8.01. The van der Waals surface area contributed by atoms with E-state index < -0.39 is 43.6 Å². The summed E-state index contributed by atoms with van der Waals surface area (Å²) in [5, 5.41) is 2.16. The van der Waals surface area contributed by atoms with Gasteiger partial charge in [0.1, 0.15) is 40.2 Å². The standard InChI is InChI=1S/C22H28F2N6O2S/c1-12-10-13(23)11-26-17(12)19(31)29-16-8-7-14(24)18(28-16)22(4)15-6-5-9-27-33(15,32)21(2,3)20(25)30-22/h7-8,10-11,15,27,32H,5-6,9H2,1-4H3,(H2,25,30)(H,28,29,31)/t15-,22+/m1/s1. The molecular weight excluding hydrogens is 450 g/mol. The van der Waals surface area contributed by atoms with Gasteiger partial charge < -0.3 is 15.6 Å². The zero-order valence-electron chi connectivity index (χ0n) is 18.9. The second-order valence-electron chi connectivity index (χ2n) is 9.11. The van der Waals surface area contributed by atoms with Gasteiger partial charge in [0.2, 0.25) is 0 Å². The number of fused-ring (bicyclic) bond motifs is 1. The average molecular weight is 479 g/mol. The van der Waals surface area contributed by atoms with Crippen molar-refractivity contribution in [3.63, 3.8) is 0 Å². The molecule has 0 radical (unpaired) electrons. The van der Waals surface area contributed by atoms with Crippen LogP contribution in [0.1, 0.15) is 55.4 Å². The summed E-state index contributed by atoms with van der Waals surface area (Å²) < 4.78 is 42.7. The fourth-order valence-electron chi connectivity index (χ4n) is 4.58. The molecule has 2 aromatic rings. The maximum atomic E-state index is 15.1. The van der Waals surface area contributed by atoms with Crippen LogP contribution >= 0.6 is 10.5 Å². The lowest BCUT2D eigenvalue weighted by atomic mass is 9.89. The third-order valence-corrected chi connectivity index (χ3v) is 10.5. The first kappa shape index (κ1) is 23.5. The molecular formula is C22H28F2N6O2S. The van der Waals surface area contributed by atoms with E-state index in [2.05, 4.69) is 25.0 Å². The predicted octanol–water partition coefficient (Wildman–Crippen LogP) is 3.62. The number of nitrogens with zero attached hydrogens (tertiary/aromatic N) is 3. The Morgan fingerprint density at radius 3 is 2.76 bits per heavy atom. The number of nitrogens with two attached hydrogens (primary N) is 1. The number of aliphatic imine (C=N–C) groups is 1. The number of hydrogen-bond donors (Lipinski definition) is 4. The van der Waals surface area contributed by atoms with Crippen molar-refractivity contribution in [1.29, 1.82) is 0 Å². The Kier molecular flexibility index (Phi) is 5.70. The van der Waals surface area contributed by atoms with Gasteiger partial charge in [0.05, 0.1) is 16.2 Å². The number of halogens is 2. The summed E-state index contributed by atoms with van der Waals surface area (Å²) in [6.07, 6.45) is 2.36. The highest BCUT2D eigenvalue weighted by Gasteiger charge is 2.60. The van der Waals surface area contributed by atoms with E-state index in [9.17, 15) is 13.7 Å². The quantitative estimate of drug-likeness (QED) is 0.534. The van der Waals surface area contributed by atoms with Crippen molar-refractivity contribution in [3.05, 3.63) is 53.0 Å². The van der Waals surface area contributed by atoms with Gasteiger partial charge in [-0.3, -0.25) is 14.5 Å². The monoisotopic (exact) mass is 478 g/mol. The molecule has 5 N–H and O–H groups in total. The second-order valence-corrected chi connectivity index (χ2v) is 12.2. The molecule has 1 saturated heterocycles. The van der Waals surface area contributed by atoms with Crippen LogP contribution in [-0.2, 0) is 5.54 Å². The van der Waals surface area contributed by atoms with E-state index in [1.165, 1.54) is 18.2 Å². The first-order chi connectivity index (χ1) is 15.4. The van der Waals surface area contributed by atoms with Gasteiger partial charge >= 0.3 is 0 Å². The molecule has 0 bridgehead atoms. The number of aryl methyl sites for hydroxylation is 1. The van der Waals surface area contributed by atoms with E-state index in [-0.39, 0.29) is 23.0 Å². The number of rotatable bonds is 3. The Balaban J connectivity index is 1.75. The van der Waals surface area contributed by atoms with Gasteiger partial charge in [-0.1, -0.05) is 10.5 Å². The van der Waals surface area contributed by atoms with Crippen LogP contribution < -0.4 is 15.8 Å². The largest absolute Gasteiger partial charge is 0.386 e. The molecule has 0 aliphatic carbocycles. The van der Waals surface area contributed by atoms with Crippen LogP contribution in [0.5, 0.6) is 0 Å². The minimum absolute atomic E-state index is 0.0119. The SMILES string of the molecule is Cc1cc(F)cnc1C(=O)Nc1ccc(F)c([C@@]2(C)N=C(N)C(C)(C)[S@]3(O)NCCC[C@H]23)n1. The molecule has 0 unspecified atom stereocenters. The van der Waals surface area contributed by atoms with Crippen molar-refractivity contribution in [2.75, 3.05) is 11.9 Å². The minimum Gasteiger partial charge on any atom is -0.386 e. The van der Waals surface area contributed by atoms with Crippen molar-refractivity contribution in [2.24, 2.45) is 10.7 Å². The number of nitrogens with one attached hydrogen (secondary N) is 2. The van der Waals surface area contributed by atoms with Gasteiger partial charge in [-0.25, -0.2) is 18.7 Å². The van der Waals surface area contributed by atoms with Crippen molar-refractivity contribution in [1.82, 2.24) is 14.7 Å². The summed E-state index contributed by atoms with van der Waals surface area (Å²) >= 11 is 0. The summed E-state index contributed by atoms with van der Waals surface area (Å²) in [5.74, 6) is -1.46. The lowest BCUT2D eigenvalue weighted by Crippen LogP contribution is -2.62. The van der Waals surface area contributed by atoms with E-state index >= 15 is 4.39 Å². The first-order valence-corrected chi connectivity index (χ1v) is 12.3. The smallest absolute Gasteiger partial charge is 0.275 e. The van der Waals surface area contributed by atoms with E-state index in [0.29, 0.717) is 18.5 Å². The van der Waals surface area contributed by atoms with E-state index in [1.807, 2.05) is 13.8 Å². The Morgan fingerprint density at radius 1 is 1.33 bits per heavy atom. The maximum absolute atomic E-state index is 15.1. The molecule has 2 aliphatic rings. The highest BCUT2D eigenvalue weighted by atomic mass is 32.3. The Hall–Kier alpha value is -2.63. The third-order valence-electron chi connectivity index (χ3n) is 6.58. The molecule has 1 fully saturated rings. The molecule has 2 aromatic heterocycles. The lowest BCUT2D eigenvalue weighted by Gasteiger charge is -2.61. The van der Waals surface area contributed by atoms with E-state index in [4.69, 9.17) is 5.73 Å². The molecule has 33 heavy (non-hydrogen) atoms. The summed E-state index contributed by atoms with van der Waals surface area (Å²) in [6.45, 7) is 7.59. The van der Waals surface area contributed by atoms with Gasteiger partial charge in [0.25, 0.3) is 5.91 Å². The van der Waals surface area contributed by atoms with Crippen LogP contribution in [0.15, 0.2) is 29.4 Å². The van der Waals surface area contributed by atoms with Crippen molar-refractivity contribution >= 4 is 28.1 Å². The molecule has 3 atom stereocenters. The predicted molar refractivity (Wildman–Crippen MR) is 125 cm³/mol. The van der Waals surface area contributed by atoms with Gasteiger partial charge in [-0.2, -0.15) is 0 Å². The number of amidine groups is 1. The van der Waals surface area contributed by atoms with Crippen molar-refractivity contribution < 1.29 is 18.1 Å². The molecule has 8 nitrogen and oxygen atoms in total. The normalized spacial score (nSPS) is 28.6. The van der Waals surface area contributed by atoms with Crippen LogP contribution in [0.3, 0.4) is 0 Å². The van der Waals surface area contributed by atoms with Crippen LogP contribution in [0.25, 0.3) is 0 Å². The fraction of sp³-hybridized carbons (Fsp3) is 0.455. The van der Waals surface area contributed by atoms with Crippen molar-refractivity contribution in [3.8, 4) is 0 Å². The highest BCUT2D eigenvalue weighted by Crippen LogP contribution is 2.66. The van der Waals surface area contributed by atoms with Crippen LogP contribution in [0, 0.1) is 18.6 Å². The molecule has 0 aromatic carbocycles. The number of aromatic nitrogens is 2. The van der Waals surface area contributed by atoms with E-state index in [1.54, 1.807) is 13.8 Å². The number of anilines is 1. The zero-order chi connectivity index (χ0) is 24.2. The topological polar surface area (TPSA) is 126 Å². The molecule has 178 valence electrons. The number of hydrogen-bond acceptors (Lipinski definition) is 7. The third kappa shape index (κ3) is 3.68. The number of carbonyl (C=O) groups is 1. The number of pyridine rings is 2. The van der Waals surface area contributed by atoms with Crippen LogP contribution in [0.2, 0.25) is 0 Å². The Labute approximate surface area is 192 Å². The number of carbonyl (C=O) groups excluding carboxylic acids is 1.